The van der Waals surface area contributed by atoms with E-state index in [4.69, 9.17) is 5.73 Å². The number of hydrogen-bond donors (Lipinski definition) is 1. The largest absolute Gasteiger partial charge is 0.325 e. The van der Waals surface area contributed by atoms with Crippen molar-refractivity contribution in [2.75, 3.05) is 0 Å². The van der Waals surface area contributed by atoms with Crippen molar-refractivity contribution in [1.29, 1.82) is 0 Å². The first-order valence-corrected chi connectivity index (χ1v) is 5.46. The van der Waals surface area contributed by atoms with Crippen LogP contribution in [0, 0.1) is 0 Å². The van der Waals surface area contributed by atoms with Crippen LogP contribution in [0.4, 0.5) is 0 Å². The molecule has 0 spiro atoms. The maximum absolute atomic E-state index is 5.70. The quantitative estimate of drug-likeness (QED) is 0.722. The third-order valence-electron chi connectivity index (χ3n) is 2.74. The molecule has 2 N–H and O–H groups in total. The number of fused-ring (bicyclic) bond motifs is 1. The van der Waals surface area contributed by atoms with E-state index in [0.29, 0.717) is 6.54 Å². The minimum absolute atomic E-state index is 0.500. The van der Waals surface area contributed by atoms with E-state index >= 15 is 0 Å². The molecule has 0 saturated carbocycles. The van der Waals surface area contributed by atoms with Gasteiger partial charge in [0.2, 0.25) is 0 Å². The Morgan fingerprint density at radius 2 is 2.12 bits per heavy atom. The molecule has 4 nitrogen and oxygen atoms in total. The van der Waals surface area contributed by atoms with Crippen LogP contribution in [0.1, 0.15) is 5.69 Å². The van der Waals surface area contributed by atoms with Gasteiger partial charge in [-0.3, -0.25) is 4.98 Å². The molecule has 84 valence electrons. The van der Waals surface area contributed by atoms with Crippen molar-refractivity contribution in [3.05, 3.63) is 54.6 Å². The number of nitrogens with zero attached hydrogens (tertiary/aromatic N) is 3. The second-order valence-electron chi connectivity index (χ2n) is 3.82. The van der Waals surface area contributed by atoms with Crippen LogP contribution < -0.4 is 5.73 Å². The zero-order valence-corrected chi connectivity index (χ0v) is 9.24. The molecule has 17 heavy (non-hydrogen) atoms. The Morgan fingerprint density at radius 1 is 1.18 bits per heavy atom. The molecule has 3 aromatic heterocycles. The van der Waals surface area contributed by atoms with Gasteiger partial charge in [0.25, 0.3) is 0 Å². The maximum atomic E-state index is 5.70. The predicted octanol–water partition coefficient (Wildman–Crippen LogP) is 1.85. The summed E-state index contributed by atoms with van der Waals surface area (Å²) in [6.45, 7) is 0.500. The summed E-state index contributed by atoms with van der Waals surface area (Å²) >= 11 is 0. The zero-order valence-electron chi connectivity index (χ0n) is 9.24. The number of hydrogen-bond acceptors (Lipinski definition) is 3. The van der Waals surface area contributed by atoms with Crippen LogP contribution in [0.15, 0.2) is 48.9 Å². The summed E-state index contributed by atoms with van der Waals surface area (Å²) in [5.41, 5.74) is 9.59. The number of pyridine rings is 2. The summed E-state index contributed by atoms with van der Waals surface area (Å²) in [5, 5.41) is 0. The van der Waals surface area contributed by atoms with E-state index in [9.17, 15) is 0 Å². The average molecular weight is 224 g/mol. The second kappa shape index (κ2) is 3.99. The number of nitrogens with two attached hydrogens (primary N) is 1. The van der Waals surface area contributed by atoms with E-state index in [1.54, 1.807) is 6.20 Å². The molecule has 3 rings (SSSR count). The highest BCUT2D eigenvalue weighted by atomic mass is 15.0. The van der Waals surface area contributed by atoms with Crippen molar-refractivity contribution in [1.82, 2.24) is 14.4 Å². The third-order valence-corrected chi connectivity index (χ3v) is 2.74. The monoisotopic (exact) mass is 224 g/mol. The highest BCUT2D eigenvalue weighted by molar-refractivity contribution is 5.61. The molecular formula is C13H12N4. The molecule has 4 heteroatoms. The van der Waals surface area contributed by atoms with E-state index in [0.717, 1.165) is 22.6 Å². The van der Waals surface area contributed by atoms with Gasteiger partial charge in [0.15, 0.2) is 0 Å². The number of imidazole rings is 1. The SMILES string of the molecule is NCc1cccc2nc(-c3cccnc3)cn12. The molecule has 0 atom stereocenters. The Labute approximate surface area is 98.8 Å². The van der Waals surface area contributed by atoms with Gasteiger partial charge in [-0.05, 0) is 24.3 Å². The molecule has 0 bridgehead atoms. The lowest BCUT2D eigenvalue weighted by atomic mass is 10.2. The fourth-order valence-corrected chi connectivity index (χ4v) is 1.89. The van der Waals surface area contributed by atoms with E-state index in [-0.39, 0.29) is 0 Å². The number of rotatable bonds is 2. The fourth-order valence-electron chi connectivity index (χ4n) is 1.89. The molecule has 0 unspecified atom stereocenters. The van der Waals surface area contributed by atoms with Gasteiger partial charge in [-0.25, -0.2) is 4.98 Å². The van der Waals surface area contributed by atoms with E-state index in [1.165, 1.54) is 0 Å². The first-order chi connectivity index (χ1) is 8.38. The number of aromatic nitrogens is 3. The van der Waals surface area contributed by atoms with Crippen LogP contribution in [0.2, 0.25) is 0 Å². The van der Waals surface area contributed by atoms with Gasteiger partial charge in [0, 0.05) is 36.4 Å². The van der Waals surface area contributed by atoms with Gasteiger partial charge in [-0.2, -0.15) is 0 Å². The van der Waals surface area contributed by atoms with Gasteiger partial charge in [-0.1, -0.05) is 6.07 Å². The summed E-state index contributed by atoms with van der Waals surface area (Å²) in [7, 11) is 0. The Hall–Kier alpha value is -2.20. The maximum Gasteiger partial charge on any atom is 0.137 e. The minimum atomic E-state index is 0.500. The van der Waals surface area contributed by atoms with Crippen LogP contribution in [-0.4, -0.2) is 14.4 Å². The molecule has 3 aromatic rings. The Bertz CT molecular complexity index is 643. The van der Waals surface area contributed by atoms with Crippen LogP contribution in [0.3, 0.4) is 0 Å². The van der Waals surface area contributed by atoms with Crippen molar-refractivity contribution < 1.29 is 0 Å². The van der Waals surface area contributed by atoms with Gasteiger partial charge < -0.3 is 10.1 Å². The van der Waals surface area contributed by atoms with E-state index < -0.39 is 0 Å². The average Bonchev–Trinajstić information content (AvgIpc) is 2.83. The summed E-state index contributed by atoms with van der Waals surface area (Å²) in [6.07, 6.45) is 5.56. The highest BCUT2D eigenvalue weighted by Crippen LogP contribution is 2.18. The van der Waals surface area contributed by atoms with Crippen LogP contribution in [0.25, 0.3) is 16.9 Å². The second-order valence-corrected chi connectivity index (χ2v) is 3.82. The van der Waals surface area contributed by atoms with Crippen molar-refractivity contribution in [2.45, 2.75) is 6.54 Å². The van der Waals surface area contributed by atoms with Gasteiger partial charge in [-0.15, -0.1) is 0 Å². The molecule has 0 radical (unpaired) electrons. The van der Waals surface area contributed by atoms with Crippen LogP contribution in [0.5, 0.6) is 0 Å². The molecule has 0 saturated heterocycles. The molecule has 0 aliphatic rings. The Kier molecular flexibility index (Phi) is 2.34. The summed E-state index contributed by atoms with van der Waals surface area (Å²) in [4.78, 5) is 8.66. The van der Waals surface area contributed by atoms with Crippen molar-refractivity contribution in [3.8, 4) is 11.3 Å². The van der Waals surface area contributed by atoms with Crippen molar-refractivity contribution in [3.63, 3.8) is 0 Å². The molecule has 0 aliphatic heterocycles. The summed E-state index contributed by atoms with van der Waals surface area (Å²) in [6, 6.07) is 9.85. The predicted molar refractivity (Wildman–Crippen MR) is 66.3 cm³/mol. The molecule has 3 heterocycles. The minimum Gasteiger partial charge on any atom is -0.325 e. The molecular weight excluding hydrogens is 212 g/mol. The fraction of sp³-hybridized carbons (Fsp3) is 0.0769. The highest BCUT2D eigenvalue weighted by Gasteiger charge is 2.05. The smallest absolute Gasteiger partial charge is 0.137 e. The normalized spacial score (nSPS) is 10.9. The lowest BCUT2D eigenvalue weighted by molar-refractivity contribution is 0.946. The van der Waals surface area contributed by atoms with Crippen LogP contribution in [-0.2, 0) is 6.54 Å². The van der Waals surface area contributed by atoms with Crippen LogP contribution >= 0.6 is 0 Å². The van der Waals surface area contributed by atoms with Crippen molar-refractivity contribution in [2.24, 2.45) is 5.73 Å². The third kappa shape index (κ3) is 1.68. The molecule has 0 amide bonds. The summed E-state index contributed by atoms with van der Waals surface area (Å²) < 4.78 is 2.02. The van der Waals surface area contributed by atoms with Crippen molar-refractivity contribution >= 4 is 5.65 Å². The molecule has 0 aliphatic carbocycles. The topological polar surface area (TPSA) is 56.2 Å². The Morgan fingerprint density at radius 3 is 2.88 bits per heavy atom. The Balaban J connectivity index is 2.20. The lowest BCUT2D eigenvalue weighted by Gasteiger charge is -1.99. The zero-order chi connectivity index (χ0) is 11.7. The van der Waals surface area contributed by atoms with E-state index in [1.807, 2.05) is 47.1 Å². The standard InChI is InChI=1S/C13H12N4/c14-7-11-4-1-5-13-16-12(9-17(11)13)10-3-2-6-15-8-10/h1-6,8-9H,7,14H2. The van der Waals surface area contributed by atoms with Gasteiger partial charge in [0.1, 0.15) is 5.65 Å². The first kappa shape index (κ1) is 9.99. The van der Waals surface area contributed by atoms with Gasteiger partial charge >= 0.3 is 0 Å². The lowest BCUT2D eigenvalue weighted by Crippen LogP contribution is -2.02. The summed E-state index contributed by atoms with van der Waals surface area (Å²) in [5.74, 6) is 0. The van der Waals surface area contributed by atoms with E-state index in [2.05, 4.69) is 9.97 Å². The molecule has 0 aromatic carbocycles. The first-order valence-electron chi connectivity index (χ1n) is 5.46. The van der Waals surface area contributed by atoms with Gasteiger partial charge in [0.05, 0.1) is 5.69 Å². The molecule has 0 fully saturated rings.